The summed E-state index contributed by atoms with van der Waals surface area (Å²) < 4.78 is 13.8. The highest BCUT2D eigenvalue weighted by molar-refractivity contribution is 6.32. The first-order chi connectivity index (χ1) is 9.10. The van der Waals surface area contributed by atoms with Crippen LogP contribution in [0.5, 0.6) is 0 Å². The molecule has 2 N–H and O–H groups in total. The van der Waals surface area contributed by atoms with E-state index in [0.29, 0.717) is 29.0 Å². The predicted octanol–water partition coefficient (Wildman–Crippen LogP) is 3.75. The van der Waals surface area contributed by atoms with Crippen molar-refractivity contribution in [1.82, 2.24) is 9.97 Å². The maximum Gasteiger partial charge on any atom is 0.224 e. The monoisotopic (exact) mass is 280 g/mol. The van der Waals surface area contributed by atoms with Gasteiger partial charge in [0.05, 0.1) is 11.9 Å². The van der Waals surface area contributed by atoms with Gasteiger partial charge in [0.15, 0.2) is 5.82 Å². The van der Waals surface area contributed by atoms with E-state index in [2.05, 4.69) is 20.6 Å². The van der Waals surface area contributed by atoms with E-state index in [1.165, 1.54) is 12.3 Å². The molecule has 0 bridgehead atoms. The van der Waals surface area contributed by atoms with Crippen LogP contribution in [0.2, 0.25) is 5.02 Å². The minimum atomic E-state index is -0.348. The Hall–Kier alpha value is -1.88. The van der Waals surface area contributed by atoms with E-state index in [1.54, 1.807) is 6.07 Å². The van der Waals surface area contributed by atoms with Gasteiger partial charge >= 0.3 is 0 Å². The van der Waals surface area contributed by atoms with Gasteiger partial charge in [-0.2, -0.15) is 4.98 Å². The summed E-state index contributed by atoms with van der Waals surface area (Å²) in [5.74, 6) is 0.469. The highest BCUT2D eigenvalue weighted by Gasteiger charge is 2.08. The lowest BCUT2D eigenvalue weighted by molar-refractivity contribution is 0.630. The van der Waals surface area contributed by atoms with E-state index in [1.807, 2.05) is 19.9 Å². The van der Waals surface area contributed by atoms with Crippen LogP contribution >= 0.6 is 11.6 Å². The Kier molecular flexibility index (Phi) is 4.16. The maximum absolute atomic E-state index is 13.8. The van der Waals surface area contributed by atoms with Crippen molar-refractivity contribution >= 4 is 29.1 Å². The molecule has 0 saturated carbocycles. The van der Waals surface area contributed by atoms with Crippen LogP contribution in [0.1, 0.15) is 12.5 Å². The Balaban J connectivity index is 2.29. The van der Waals surface area contributed by atoms with Gasteiger partial charge in [-0.05, 0) is 31.5 Å². The number of nitrogens with zero attached hydrogens (tertiary/aromatic N) is 2. The molecule has 0 unspecified atom stereocenters. The second-order valence-corrected chi connectivity index (χ2v) is 4.44. The van der Waals surface area contributed by atoms with Gasteiger partial charge in [0.25, 0.3) is 0 Å². The summed E-state index contributed by atoms with van der Waals surface area (Å²) in [5, 5.41) is 6.17. The fourth-order valence-corrected chi connectivity index (χ4v) is 1.69. The van der Waals surface area contributed by atoms with Crippen LogP contribution in [0, 0.1) is 12.7 Å². The van der Waals surface area contributed by atoms with E-state index in [-0.39, 0.29) is 5.82 Å². The molecule has 0 aliphatic rings. The lowest BCUT2D eigenvalue weighted by Gasteiger charge is -2.10. The van der Waals surface area contributed by atoms with Crippen LogP contribution < -0.4 is 10.6 Å². The fourth-order valence-electron chi connectivity index (χ4n) is 1.55. The molecule has 1 heterocycles. The highest BCUT2D eigenvalue weighted by Crippen LogP contribution is 2.25. The minimum Gasteiger partial charge on any atom is -0.354 e. The van der Waals surface area contributed by atoms with Crippen molar-refractivity contribution in [3.63, 3.8) is 0 Å². The summed E-state index contributed by atoms with van der Waals surface area (Å²) in [7, 11) is 0. The summed E-state index contributed by atoms with van der Waals surface area (Å²) in [5.41, 5.74) is 1.18. The molecule has 0 aliphatic heterocycles. The lowest BCUT2D eigenvalue weighted by Crippen LogP contribution is -2.05. The van der Waals surface area contributed by atoms with E-state index < -0.39 is 0 Å². The van der Waals surface area contributed by atoms with Crippen molar-refractivity contribution in [2.45, 2.75) is 13.8 Å². The summed E-state index contributed by atoms with van der Waals surface area (Å²) in [6.07, 6.45) is 1.47. The van der Waals surface area contributed by atoms with E-state index >= 15 is 0 Å². The average Bonchev–Trinajstić information content (AvgIpc) is 2.37. The second-order valence-electron chi connectivity index (χ2n) is 4.03. The third kappa shape index (κ3) is 3.32. The number of hydrogen-bond acceptors (Lipinski definition) is 4. The SMILES string of the molecule is CCNc1ncc(Cl)c(Nc2ccc(C)cc2F)n1. The van der Waals surface area contributed by atoms with Crippen LogP contribution in [0.3, 0.4) is 0 Å². The van der Waals surface area contributed by atoms with Crippen molar-refractivity contribution in [1.29, 1.82) is 0 Å². The minimum absolute atomic E-state index is 0.327. The summed E-state index contributed by atoms with van der Waals surface area (Å²) in [6.45, 7) is 4.46. The van der Waals surface area contributed by atoms with Crippen molar-refractivity contribution in [3.05, 3.63) is 40.8 Å². The summed E-state index contributed by atoms with van der Waals surface area (Å²) in [6, 6.07) is 4.91. The number of aromatic nitrogens is 2. The zero-order valence-corrected chi connectivity index (χ0v) is 11.4. The average molecular weight is 281 g/mol. The maximum atomic E-state index is 13.8. The Labute approximate surface area is 116 Å². The molecule has 1 aromatic carbocycles. The van der Waals surface area contributed by atoms with Crippen LogP contribution in [0.25, 0.3) is 0 Å². The second kappa shape index (κ2) is 5.84. The van der Waals surface area contributed by atoms with Gasteiger partial charge in [-0.25, -0.2) is 9.37 Å². The molecule has 0 aliphatic carbocycles. The Bertz CT molecular complexity index is 589. The number of anilines is 3. The number of halogens is 2. The largest absolute Gasteiger partial charge is 0.354 e. The molecule has 0 amide bonds. The van der Waals surface area contributed by atoms with Crippen molar-refractivity contribution in [2.75, 3.05) is 17.2 Å². The Morgan fingerprint density at radius 1 is 1.37 bits per heavy atom. The third-order valence-corrected chi connectivity index (χ3v) is 2.73. The van der Waals surface area contributed by atoms with E-state index in [9.17, 15) is 4.39 Å². The number of rotatable bonds is 4. The predicted molar refractivity (Wildman–Crippen MR) is 75.6 cm³/mol. The van der Waals surface area contributed by atoms with Crippen molar-refractivity contribution in [2.24, 2.45) is 0 Å². The quantitative estimate of drug-likeness (QED) is 0.895. The molecule has 0 spiro atoms. The van der Waals surface area contributed by atoms with Gasteiger partial charge in [-0.15, -0.1) is 0 Å². The molecule has 6 heteroatoms. The topological polar surface area (TPSA) is 49.8 Å². The standard InChI is InChI=1S/C13H14ClFN4/c1-3-16-13-17-7-9(14)12(19-13)18-11-5-4-8(2)6-10(11)15/h4-7H,3H2,1-2H3,(H2,16,17,18,19). The first-order valence-corrected chi connectivity index (χ1v) is 6.27. The summed E-state index contributed by atoms with van der Waals surface area (Å²) >= 11 is 5.99. The van der Waals surface area contributed by atoms with Gasteiger partial charge in [-0.1, -0.05) is 17.7 Å². The zero-order valence-electron chi connectivity index (χ0n) is 10.7. The molecule has 2 rings (SSSR count). The van der Waals surface area contributed by atoms with Gasteiger partial charge in [0.1, 0.15) is 10.8 Å². The number of aryl methyl sites for hydroxylation is 1. The molecule has 4 nitrogen and oxygen atoms in total. The molecular weight excluding hydrogens is 267 g/mol. The molecule has 2 aromatic rings. The van der Waals surface area contributed by atoms with Crippen molar-refractivity contribution < 1.29 is 4.39 Å². The van der Waals surface area contributed by atoms with Crippen LogP contribution in [-0.4, -0.2) is 16.5 Å². The molecule has 0 radical (unpaired) electrons. The number of hydrogen-bond donors (Lipinski definition) is 2. The molecular formula is C13H14ClFN4. The van der Waals surface area contributed by atoms with Crippen LogP contribution in [0.15, 0.2) is 24.4 Å². The van der Waals surface area contributed by atoms with Crippen molar-refractivity contribution in [3.8, 4) is 0 Å². The normalized spacial score (nSPS) is 10.3. The van der Waals surface area contributed by atoms with E-state index in [4.69, 9.17) is 11.6 Å². The third-order valence-electron chi connectivity index (χ3n) is 2.46. The molecule has 0 atom stereocenters. The number of nitrogens with one attached hydrogen (secondary N) is 2. The first kappa shape index (κ1) is 13.5. The highest BCUT2D eigenvalue weighted by atomic mass is 35.5. The Morgan fingerprint density at radius 3 is 2.84 bits per heavy atom. The van der Waals surface area contributed by atoms with Gasteiger partial charge in [-0.3, -0.25) is 0 Å². The molecule has 1 aromatic heterocycles. The fraction of sp³-hybridized carbons (Fsp3) is 0.231. The van der Waals surface area contributed by atoms with Crippen LogP contribution in [-0.2, 0) is 0 Å². The smallest absolute Gasteiger partial charge is 0.224 e. The molecule has 0 saturated heterocycles. The molecule has 19 heavy (non-hydrogen) atoms. The molecule has 100 valence electrons. The van der Waals surface area contributed by atoms with Gasteiger partial charge in [0, 0.05) is 6.54 Å². The Morgan fingerprint density at radius 2 is 2.16 bits per heavy atom. The zero-order chi connectivity index (χ0) is 13.8. The van der Waals surface area contributed by atoms with Crippen LogP contribution in [0.4, 0.5) is 21.8 Å². The van der Waals surface area contributed by atoms with Gasteiger partial charge in [0.2, 0.25) is 5.95 Å². The summed E-state index contributed by atoms with van der Waals surface area (Å²) in [4.78, 5) is 8.21. The van der Waals surface area contributed by atoms with E-state index in [0.717, 1.165) is 5.56 Å². The molecule has 0 fully saturated rings. The lowest BCUT2D eigenvalue weighted by atomic mass is 10.2. The number of benzene rings is 1. The van der Waals surface area contributed by atoms with Gasteiger partial charge < -0.3 is 10.6 Å². The first-order valence-electron chi connectivity index (χ1n) is 5.89.